The molecule has 1 saturated heterocycles. The van der Waals surface area contributed by atoms with Crippen molar-refractivity contribution >= 4 is 42.6 Å². The second kappa shape index (κ2) is 14.8. The van der Waals surface area contributed by atoms with Gasteiger partial charge >= 0.3 is 30.8 Å². The van der Waals surface area contributed by atoms with Crippen molar-refractivity contribution in [2.45, 2.75) is 103 Å². The molecule has 0 spiro atoms. The van der Waals surface area contributed by atoms with Gasteiger partial charge in [0, 0.05) is 42.7 Å². The average Bonchev–Trinajstić information content (AvgIpc) is 4.05. The van der Waals surface area contributed by atoms with Crippen LogP contribution in [0.3, 0.4) is 0 Å². The van der Waals surface area contributed by atoms with Gasteiger partial charge in [-0.2, -0.15) is 0 Å². The minimum atomic E-state index is -4.02. The molecule has 8 rings (SSSR count). The monoisotopic (exact) mass is 843 g/mol. The first kappa shape index (κ1) is 41.5. The standard InChI is InChI=1S/C42H44BF2N5O11/c1-7-23(2)38(53)58-32-18-29-35(24(32)3)37-42(56,41(6,55)39(54)60-37)33(19-40(29,5)61-25(4)51)59-34(52)21-48-20-27(46-47-48)22-57-28-14-12-26(13-15-28)36-30-10-8-16-49(30)43(44,45)50-17-9-11-31(36)50/h7-17,20,29,32-33,37,55-56H,18-19,21-22H2,1-6H3/b23-7-/t29-,32+,33-,37-,40-,41+,42+/m0/s1. The van der Waals surface area contributed by atoms with Crippen LogP contribution in [-0.2, 0) is 51.3 Å². The van der Waals surface area contributed by atoms with Gasteiger partial charge in [0.2, 0.25) is 0 Å². The van der Waals surface area contributed by atoms with E-state index < -0.39 is 78.4 Å². The zero-order valence-corrected chi connectivity index (χ0v) is 34.2. The molecule has 0 radical (unpaired) electrons. The van der Waals surface area contributed by atoms with Crippen LogP contribution in [0.25, 0.3) is 5.57 Å². The van der Waals surface area contributed by atoms with Crippen molar-refractivity contribution in [2.24, 2.45) is 5.92 Å². The van der Waals surface area contributed by atoms with Gasteiger partial charge in [-0.15, -0.1) is 5.10 Å². The van der Waals surface area contributed by atoms with Crippen molar-refractivity contribution in [1.82, 2.24) is 19.5 Å². The molecule has 2 fully saturated rings. The predicted octanol–water partition coefficient (Wildman–Crippen LogP) is 3.57. The Labute approximate surface area is 348 Å². The first-order valence-corrected chi connectivity index (χ1v) is 19.8. The molecule has 2 aliphatic carbocycles. The zero-order valence-electron chi connectivity index (χ0n) is 34.2. The summed E-state index contributed by atoms with van der Waals surface area (Å²) in [6.45, 7) is 4.15. The number of hydrogen-bond donors (Lipinski definition) is 2. The number of carbonyl (C=O) groups excluding carboxylic acids is 4. The van der Waals surface area contributed by atoms with E-state index in [1.54, 1.807) is 82.3 Å². The third-order valence-corrected chi connectivity index (χ3v) is 12.5. The number of ether oxygens (including phenoxy) is 5. The minimum Gasteiger partial charge on any atom is -0.487 e. The molecule has 0 bridgehead atoms. The minimum absolute atomic E-state index is 0.0566. The van der Waals surface area contributed by atoms with Crippen molar-refractivity contribution in [3.8, 4) is 5.75 Å². The van der Waals surface area contributed by atoms with E-state index in [-0.39, 0.29) is 25.0 Å². The molecule has 3 aliphatic heterocycles. The second-order valence-corrected chi connectivity index (χ2v) is 16.3. The van der Waals surface area contributed by atoms with Crippen LogP contribution in [0.15, 0.2) is 89.4 Å². The molecule has 16 nitrogen and oxygen atoms in total. The Morgan fingerprint density at radius 2 is 1.85 bits per heavy atom. The number of nitrogens with zero attached hydrogens (tertiary/aromatic N) is 5. The molecule has 19 heteroatoms. The van der Waals surface area contributed by atoms with Gasteiger partial charge < -0.3 is 51.5 Å². The number of esters is 4. The van der Waals surface area contributed by atoms with Crippen LogP contribution in [0.2, 0.25) is 0 Å². The summed E-state index contributed by atoms with van der Waals surface area (Å²) in [6.07, 6.45) is 4.62. The van der Waals surface area contributed by atoms with Gasteiger partial charge in [0.1, 0.15) is 48.6 Å². The first-order chi connectivity index (χ1) is 28.8. The SMILES string of the molecule is C/C=C(/C)C(=O)O[C@@H]1C[C@H]2C(=C1C)[C@@H]1OC(=O)[C@@](C)(O)[C@@]1(O)[C@@H](OC(=O)Cn1cc(COc3ccc(C4=C5C=CC=[N+]5[B-](F)(F)n5cccc54)cc3)nn1)C[C@]2(C)OC(C)=O. The van der Waals surface area contributed by atoms with Crippen LogP contribution >= 0.6 is 0 Å². The van der Waals surface area contributed by atoms with Gasteiger partial charge in [-0.05, 0) is 88.2 Å². The van der Waals surface area contributed by atoms with Crippen LogP contribution in [0.4, 0.5) is 8.63 Å². The van der Waals surface area contributed by atoms with Crippen molar-refractivity contribution in [1.29, 1.82) is 0 Å². The van der Waals surface area contributed by atoms with Gasteiger partial charge in [-0.25, -0.2) is 14.3 Å². The fourth-order valence-electron chi connectivity index (χ4n) is 9.17. The molecule has 2 N–H and O–H groups in total. The van der Waals surface area contributed by atoms with E-state index in [0.717, 1.165) is 15.9 Å². The fraction of sp³-hybridized carbons (Fsp3) is 0.405. The first-order valence-electron chi connectivity index (χ1n) is 19.8. The van der Waals surface area contributed by atoms with Crippen LogP contribution in [0.1, 0.15) is 71.3 Å². The van der Waals surface area contributed by atoms with E-state index in [1.807, 2.05) is 0 Å². The lowest BCUT2D eigenvalue weighted by atomic mass is 9.75. The molecule has 1 saturated carbocycles. The van der Waals surface area contributed by atoms with E-state index in [9.17, 15) is 29.4 Å². The fourth-order valence-corrected chi connectivity index (χ4v) is 9.17. The second-order valence-electron chi connectivity index (χ2n) is 16.3. The van der Waals surface area contributed by atoms with Gasteiger partial charge in [-0.3, -0.25) is 9.59 Å². The van der Waals surface area contributed by atoms with Gasteiger partial charge in [0.15, 0.2) is 23.0 Å². The normalized spacial score (nSPS) is 29.8. The van der Waals surface area contributed by atoms with Crippen LogP contribution < -0.4 is 4.74 Å². The molecular formula is C42H44BF2N5O11. The molecule has 0 amide bonds. The summed E-state index contributed by atoms with van der Waals surface area (Å²) in [5.41, 5.74) is -3.16. The average molecular weight is 844 g/mol. The number of carbonyl (C=O) groups is 4. The molecule has 5 heterocycles. The van der Waals surface area contributed by atoms with Crippen LogP contribution in [0.5, 0.6) is 5.75 Å². The van der Waals surface area contributed by atoms with Gasteiger partial charge in [0.25, 0.3) is 0 Å². The predicted molar refractivity (Wildman–Crippen MR) is 210 cm³/mol. The lowest BCUT2D eigenvalue weighted by Gasteiger charge is -2.41. The highest BCUT2D eigenvalue weighted by Gasteiger charge is 2.74. The van der Waals surface area contributed by atoms with Crippen molar-refractivity contribution in [2.75, 3.05) is 0 Å². The Bertz CT molecular complexity index is 2520. The molecule has 61 heavy (non-hydrogen) atoms. The quantitative estimate of drug-likeness (QED) is 0.0991. The van der Waals surface area contributed by atoms with Gasteiger partial charge in [0.05, 0.1) is 11.8 Å². The summed E-state index contributed by atoms with van der Waals surface area (Å²) in [7, 11) is 0. The number of fused-ring (bicyclic) bond motifs is 5. The lowest BCUT2D eigenvalue weighted by molar-refractivity contribution is -0.356. The summed E-state index contributed by atoms with van der Waals surface area (Å²) >= 11 is 0. The third-order valence-electron chi connectivity index (χ3n) is 12.5. The number of aromatic nitrogens is 4. The Kier molecular flexibility index (Phi) is 10.0. The number of halogens is 2. The molecular weight excluding hydrogens is 799 g/mol. The molecule has 1 aromatic carbocycles. The molecule has 0 unspecified atom stereocenters. The summed E-state index contributed by atoms with van der Waals surface area (Å²) in [5.74, 6) is -3.72. The molecule has 320 valence electrons. The Morgan fingerprint density at radius 1 is 1.11 bits per heavy atom. The number of rotatable bonds is 10. The molecule has 5 aliphatic rings. The topological polar surface area (TPSA) is 194 Å². The highest BCUT2D eigenvalue weighted by molar-refractivity contribution is 6.57. The van der Waals surface area contributed by atoms with Crippen LogP contribution in [-0.4, -0.2) is 106 Å². The summed E-state index contributed by atoms with van der Waals surface area (Å²) < 4.78 is 62.7. The van der Waals surface area contributed by atoms with E-state index in [0.29, 0.717) is 45.1 Å². The highest BCUT2D eigenvalue weighted by atomic mass is 19.2. The summed E-state index contributed by atoms with van der Waals surface area (Å²) in [4.78, 5) is 52.3. The Morgan fingerprint density at radius 3 is 2.56 bits per heavy atom. The maximum absolute atomic E-state index is 15.2. The summed E-state index contributed by atoms with van der Waals surface area (Å²) in [6, 6.07) is 10.2. The summed E-state index contributed by atoms with van der Waals surface area (Å²) in [5, 5.41) is 32.2. The molecule has 2 aromatic heterocycles. The highest BCUT2D eigenvalue weighted by Crippen LogP contribution is 2.57. The Balaban J connectivity index is 0.983. The number of hydrogen-bond acceptors (Lipinski definition) is 13. The van der Waals surface area contributed by atoms with Gasteiger partial charge in [-0.1, -0.05) is 23.4 Å². The van der Waals surface area contributed by atoms with E-state index in [1.165, 1.54) is 30.2 Å². The number of aliphatic hydroxyl groups is 2. The van der Waals surface area contributed by atoms with Crippen molar-refractivity contribution < 1.29 is 66.2 Å². The van der Waals surface area contributed by atoms with Crippen molar-refractivity contribution in [3.05, 3.63) is 106 Å². The van der Waals surface area contributed by atoms with Crippen LogP contribution in [0, 0.1) is 5.92 Å². The van der Waals surface area contributed by atoms with E-state index >= 15 is 8.63 Å². The molecule has 7 atom stereocenters. The van der Waals surface area contributed by atoms with E-state index in [2.05, 4.69) is 10.3 Å². The largest absolute Gasteiger partial charge is 0.737 e. The maximum Gasteiger partial charge on any atom is 0.737 e. The number of benzene rings is 1. The third kappa shape index (κ3) is 6.70. The maximum atomic E-state index is 15.2. The van der Waals surface area contributed by atoms with E-state index in [4.69, 9.17) is 23.7 Å². The molecule has 3 aromatic rings. The lowest BCUT2D eigenvalue weighted by Crippen LogP contribution is -2.64. The van der Waals surface area contributed by atoms with Crippen molar-refractivity contribution in [3.63, 3.8) is 0 Å². The smallest absolute Gasteiger partial charge is 0.487 e. The number of allylic oxidation sites excluding steroid dienone is 3. The zero-order chi connectivity index (χ0) is 43.8. The Hall–Kier alpha value is -6.21.